The van der Waals surface area contributed by atoms with Crippen LogP contribution in [-0.4, -0.2) is 40.8 Å². The summed E-state index contributed by atoms with van der Waals surface area (Å²) in [5.74, 6) is 1.27. The van der Waals surface area contributed by atoms with Crippen LogP contribution in [0.1, 0.15) is 44.1 Å². The molecule has 1 aliphatic heterocycles. The molecule has 0 spiro atoms. The molecule has 1 aromatic heterocycles. The molecule has 2 aliphatic rings. The van der Waals surface area contributed by atoms with Gasteiger partial charge in [0.2, 0.25) is 5.95 Å². The first-order valence-electron chi connectivity index (χ1n) is 9.91. The maximum Gasteiger partial charge on any atom is 0.224 e. The van der Waals surface area contributed by atoms with Crippen molar-refractivity contribution in [1.29, 1.82) is 0 Å². The number of nitrogens with zero attached hydrogens (tertiary/aromatic N) is 3. The number of hydrogen-bond acceptors (Lipinski definition) is 5. The zero-order valence-electron chi connectivity index (χ0n) is 15.6. The van der Waals surface area contributed by atoms with Crippen molar-refractivity contribution in [3.8, 4) is 0 Å². The van der Waals surface area contributed by atoms with E-state index >= 15 is 0 Å². The van der Waals surface area contributed by atoms with E-state index in [1.165, 1.54) is 0 Å². The second-order valence-corrected chi connectivity index (χ2v) is 7.80. The molecule has 6 heteroatoms. The molecule has 2 fully saturated rings. The number of aliphatic hydroxyl groups excluding tert-OH is 1. The normalized spacial score (nSPS) is 22.0. The number of hydrogen-bond donors (Lipinski definition) is 2. The van der Waals surface area contributed by atoms with Gasteiger partial charge in [0, 0.05) is 31.2 Å². The number of nitrogens with one attached hydrogen (secondary N) is 1. The van der Waals surface area contributed by atoms with E-state index in [-0.39, 0.29) is 17.3 Å². The summed E-state index contributed by atoms with van der Waals surface area (Å²) < 4.78 is 14.5. The number of anilines is 2. The van der Waals surface area contributed by atoms with E-state index in [2.05, 4.69) is 20.2 Å². The van der Waals surface area contributed by atoms with Gasteiger partial charge in [0.05, 0.1) is 6.10 Å². The quantitative estimate of drug-likeness (QED) is 0.844. The van der Waals surface area contributed by atoms with Crippen LogP contribution in [0, 0.1) is 5.82 Å². The Morgan fingerprint density at radius 3 is 2.78 bits per heavy atom. The lowest BCUT2D eigenvalue weighted by molar-refractivity contribution is 0.154. The van der Waals surface area contributed by atoms with Crippen LogP contribution in [0.25, 0.3) is 0 Å². The number of piperidine rings is 1. The Labute approximate surface area is 159 Å². The average molecular weight is 370 g/mol. The zero-order chi connectivity index (χ0) is 18.7. The predicted molar refractivity (Wildman–Crippen MR) is 105 cm³/mol. The smallest absolute Gasteiger partial charge is 0.224 e. The third kappa shape index (κ3) is 3.90. The second kappa shape index (κ2) is 7.80. The topological polar surface area (TPSA) is 61.3 Å². The predicted octanol–water partition coefficient (Wildman–Crippen LogP) is 3.50. The lowest BCUT2D eigenvalue weighted by Gasteiger charge is -2.32. The summed E-state index contributed by atoms with van der Waals surface area (Å²) in [6.07, 6.45) is 7.43. The fourth-order valence-electron chi connectivity index (χ4n) is 4.51. The molecule has 144 valence electrons. The Bertz CT molecular complexity index is 778. The van der Waals surface area contributed by atoms with Crippen molar-refractivity contribution in [2.24, 2.45) is 0 Å². The van der Waals surface area contributed by atoms with Gasteiger partial charge in [-0.3, -0.25) is 0 Å². The second-order valence-electron chi connectivity index (χ2n) is 7.80. The first-order chi connectivity index (χ1) is 13.2. The van der Waals surface area contributed by atoms with Crippen molar-refractivity contribution in [2.45, 2.75) is 50.0 Å². The fourth-order valence-corrected chi connectivity index (χ4v) is 4.51. The van der Waals surface area contributed by atoms with Crippen molar-refractivity contribution in [3.63, 3.8) is 0 Å². The van der Waals surface area contributed by atoms with Gasteiger partial charge < -0.3 is 15.3 Å². The van der Waals surface area contributed by atoms with Gasteiger partial charge in [-0.1, -0.05) is 31.0 Å². The molecule has 0 bridgehead atoms. The van der Waals surface area contributed by atoms with Gasteiger partial charge in [-0.2, -0.15) is 4.98 Å². The molecule has 1 atom stereocenters. The van der Waals surface area contributed by atoms with Crippen LogP contribution in [0.4, 0.5) is 16.2 Å². The summed E-state index contributed by atoms with van der Waals surface area (Å²) in [5, 5.41) is 13.3. The highest BCUT2D eigenvalue weighted by Gasteiger charge is 2.37. The highest BCUT2D eigenvalue weighted by Crippen LogP contribution is 2.42. The molecule has 1 saturated carbocycles. The van der Waals surface area contributed by atoms with Gasteiger partial charge in [-0.15, -0.1) is 0 Å². The molecular formula is C21H27FN4O. The monoisotopic (exact) mass is 370 g/mol. The van der Waals surface area contributed by atoms with Crippen LogP contribution < -0.4 is 10.2 Å². The van der Waals surface area contributed by atoms with Crippen molar-refractivity contribution in [2.75, 3.05) is 29.9 Å². The number of rotatable bonds is 5. The van der Waals surface area contributed by atoms with Crippen LogP contribution in [0.3, 0.4) is 0 Å². The lowest BCUT2D eigenvalue weighted by atomic mass is 9.78. The lowest BCUT2D eigenvalue weighted by Crippen LogP contribution is -2.39. The van der Waals surface area contributed by atoms with Crippen LogP contribution in [-0.2, 0) is 5.41 Å². The molecule has 0 radical (unpaired) electrons. The largest absolute Gasteiger partial charge is 0.391 e. The number of benzene rings is 1. The molecule has 2 heterocycles. The zero-order valence-corrected chi connectivity index (χ0v) is 15.6. The molecule has 0 amide bonds. The molecule has 2 aromatic rings. The highest BCUT2D eigenvalue weighted by molar-refractivity contribution is 5.44. The summed E-state index contributed by atoms with van der Waals surface area (Å²) in [4.78, 5) is 11.1. The van der Waals surface area contributed by atoms with Crippen molar-refractivity contribution in [1.82, 2.24) is 9.97 Å². The Kier molecular flexibility index (Phi) is 5.25. The molecule has 1 aromatic carbocycles. The van der Waals surface area contributed by atoms with Gasteiger partial charge in [-0.25, -0.2) is 9.37 Å². The van der Waals surface area contributed by atoms with E-state index in [1.54, 1.807) is 18.3 Å². The van der Waals surface area contributed by atoms with Crippen LogP contribution >= 0.6 is 0 Å². The summed E-state index contributed by atoms with van der Waals surface area (Å²) in [6.45, 7) is 2.13. The van der Waals surface area contributed by atoms with Gasteiger partial charge in [0.25, 0.3) is 0 Å². The third-order valence-electron chi connectivity index (χ3n) is 5.95. The molecule has 5 nitrogen and oxygen atoms in total. The standard InChI is InChI=1S/C21H27FN4O/c22-18-8-2-1-7-17(18)21(10-3-4-11-21)15-24-20-23-12-9-19(25-20)26-13-5-6-16(27)14-26/h1-2,7-9,12,16,27H,3-6,10-11,13-15H2,(H,23,24,25). The highest BCUT2D eigenvalue weighted by atomic mass is 19.1. The Hall–Kier alpha value is -2.21. The summed E-state index contributed by atoms with van der Waals surface area (Å²) in [5.41, 5.74) is 0.594. The van der Waals surface area contributed by atoms with Crippen LogP contribution in [0.15, 0.2) is 36.5 Å². The molecule has 1 unspecified atom stereocenters. The van der Waals surface area contributed by atoms with Gasteiger partial charge in [-0.05, 0) is 43.4 Å². The van der Waals surface area contributed by atoms with Crippen molar-refractivity contribution >= 4 is 11.8 Å². The number of β-amino-alcohol motifs (C(OH)–C–C–N with tert-alkyl or cyclic N) is 1. The minimum absolute atomic E-state index is 0.127. The van der Waals surface area contributed by atoms with Gasteiger partial charge in [0.1, 0.15) is 11.6 Å². The molecular weight excluding hydrogens is 343 g/mol. The molecule has 2 N–H and O–H groups in total. The van der Waals surface area contributed by atoms with E-state index in [9.17, 15) is 9.50 Å². The minimum atomic E-state index is -0.298. The van der Waals surface area contributed by atoms with Gasteiger partial charge in [0.15, 0.2) is 0 Å². The Balaban J connectivity index is 1.50. The van der Waals surface area contributed by atoms with Crippen molar-refractivity contribution in [3.05, 3.63) is 47.9 Å². The average Bonchev–Trinajstić information content (AvgIpc) is 3.17. The minimum Gasteiger partial charge on any atom is -0.391 e. The molecule has 27 heavy (non-hydrogen) atoms. The van der Waals surface area contributed by atoms with E-state index in [0.29, 0.717) is 19.0 Å². The SMILES string of the molecule is OC1CCCN(c2ccnc(NCC3(c4ccccc4F)CCCC3)n2)C1. The van der Waals surface area contributed by atoms with Crippen LogP contribution in [0.2, 0.25) is 0 Å². The van der Waals surface area contributed by atoms with Gasteiger partial charge >= 0.3 is 0 Å². The number of halogens is 1. The summed E-state index contributed by atoms with van der Waals surface area (Å²) in [7, 11) is 0. The van der Waals surface area contributed by atoms with Crippen LogP contribution in [0.5, 0.6) is 0 Å². The molecule has 1 saturated heterocycles. The van der Waals surface area contributed by atoms with E-state index in [1.807, 2.05) is 18.2 Å². The Morgan fingerprint density at radius 2 is 2.00 bits per heavy atom. The first-order valence-corrected chi connectivity index (χ1v) is 9.91. The van der Waals surface area contributed by atoms with E-state index in [4.69, 9.17) is 0 Å². The third-order valence-corrected chi connectivity index (χ3v) is 5.95. The Morgan fingerprint density at radius 1 is 1.19 bits per heavy atom. The number of aromatic nitrogens is 2. The summed E-state index contributed by atoms with van der Waals surface area (Å²) >= 11 is 0. The van der Waals surface area contributed by atoms with E-state index in [0.717, 1.165) is 56.5 Å². The maximum atomic E-state index is 14.5. The maximum absolute atomic E-state index is 14.5. The first kappa shape index (κ1) is 18.2. The summed E-state index contributed by atoms with van der Waals surface area (Å²) in [6, 6.07) is 9.00. The molecule has 4 rings (SSSR count). The fraction of sp³-hybridized carbons (Fsp3) is 0.524. The number of aliphatic hydroxyl groups is 1. The molecule has 1 aliphatic carbocycles. The van der Waals surface area contributed by atoms with E-state index < -0.39 is 0 Å². The van der Waals surface area contributed by atoms with Crippen molar-refractivity contribution < 1.29 is 9.50 Å².